The Kier molecular flexibility index (Phi) is 3.44. The summed E-state index contributed by atoms with van der Waals surface area (Å²) in [5.74, 6) is 5.97. The molecule has 0 bridgehead atoms. The summed E-state index contributed by atoms with van der Waals surface area (Å²) < 4.78 is 0. The number of anilines is 1. The lowest BCUT2D eigenvalue weighted by atomic mass is 10.2. The molecule has 0 saturated heterocycles. The number of nitrogens with two attached hydrogens (primary N) is 1. The van der Waals surface area contributed by atoms with Crippen molar-refractivity contribution in [2.45, 2.75) is 6.54 Å². The molecule has 82 valence electrons. The molecule has 0 atom stereocenters. The predicted molar refractivity (Wildman–Crippen MR) is 68.3 cm³/mol. The van der Waals surface area contributed by atoms with Crippen molar-refractivity contribution in [1.82, 2.24) is 0 Å². The van der Waals surface area contributed by atoms with Gasteiger partial charge in [0.25, 0.3) is 0 Å². The van der Waals surface area contributed by atoms with Gasteiger partial charge in [-0.05, 0) is 29.8 Å². The number of rotatable bonds is 3. The highest BCUT2D eigenvalue weighted by atomic mass is 35.5. The Morgan fingerprint density at radius 1 is 0.938 bits per heavy atom. The number of benzene rings is 2. The minimum Gasteiger partial charge on any atom is -0.307 e. The average molecular weight is 233 g/mol. The maximum absolute atomic E-state index is 5.97. The molecule has 0 unspecified atom stereocenters. The fraction of sp³-hybridized carbons (Fsp3) is 0.0769. The molecule has 0 spiro atoms. The van der Waals surface area contributed by atoms with Gasteiger partial charge in [0, 0.05) is 5.02 Å². The van der Waals surface area contributed by atoms with E-state index in [-0.39, 0.29) is 0 Å². The van der Waals surface area contributed by atoms with E-state index in [1.807, 2.05) is 42.5 Å². The van der Waals surface area contributed by atoms with Gasteiger partial charge in [0.15, 0.2) is 0 Å². The third-order valence-electron chi connectivity index (χ3n) is 2.35. The molecule has 2 aromatic carbocycles. The largest absolute Gasteiger partial charge is 0.307 e. The van der Waals surface area contributed by atoms with Crippen molar-refractivity contribution in [2.24, 2.45) is 5.84 Å². The summed E-state index contributed by atoms with van der Waals surface area (Å²) in [4.78, 5) is 0. The Balaban J connectivity index is 2.09. The van der Waals surface area contributed by atoms with E-state index in [0.29, 0.717) is 6.54 Å². The summed E-state index contributed by atoms with van der Waals surface area (Å²) in [6.45, 7) is 0.683. The normalized spacial score (nSPS) is 10.1. The highest BCUT2D eigenvalue weighted by Crippen LogP contribution is 2.17. The van der Waals surface area contributed by atoms with Crippen LogP contribution in [0.4, 0.5) is 5.69 Å². The summed E-state index contributed by atoms with van der Waals surface area (Å²) in [6, 6.07) is 17.6. The van der Waals surface area contributed by atoms with Crippen LogP contribution >= 0.6 is 11.6 Å². The monoisotopic (exact) mass is 232 g/mol. The van der Waals surface area contributed by atoms with Crippen molar-refractivity contribution in [3.63, 3.8) is 0 Å². The molecule has 0 aliphatic heterocycles. The molecule has 2 N–H and O–H groups in total. The topological polar surface area (TPSA) is 29.3 Å². The zero-order valence-corrected chi connectivity index (χ0v) is 9.56. The molecule has 0 aliphatic carbocycles. The fourth-order valence-corrected chi connectivity index (χ4v) is 1.63. The van der Waals surface area contributed by atoms with Gasteiger partial charge >= 0.3 is 0 Å². The Morgan fingerprint density at radius 2 is 1.56 bits per heavy atom. The van der Waals surface area contributed by atoms with Crippen LogP contribution in [-0.4, -0.2) is 0 Å². The lowest BCUT2D eigenvalue weighted by Gasteiger charge is -2.18. The zero-order valence-electron chi connectivity index (χ0n) is 8.81. The smallest absolute Gasteiger partial charge is 0.0592 e. The predicted octanol–water partition coefficient (Wildman–Crippen LogP) is 3.22. The Hall–Kier alpha value is -1.51. The molecule has 0 radical (unpaired) electrons. The molecule has 3 heteroatoms. The second-order valence-corrected chi connectivity index (χ2v) is 4.03. The van der Waals surface area contributed by atoms with E-state index < -0.39 is 0 Å². The zero-order chi connectivity index (χ0) is 11.4. The Morgan fingerprint density at radius 3 is 2.19 bits per heavy atom. The molecule has 2 rings (SSSR count). The van der Waals surface area contributed by atoms with Crippen LogP contribution in [0.2, 0.25) is 5.02 Å². The van der Waals surface area contributed by atoms with Gasteiger partial charge in [0.2, 0.25) is 0 Å². The fourth-order valence-electron chi connectivity index (χ4n) is 1.50. The maximum Gasteiger partial charge on any atom is 0.0592 e. The van der Waals surface area contributed by atoms with E-state index >= 15 is 0 Å². The summed E-state index contributed by atoms with van der Waals surface area (Å²) in [5.41, 5.74) is 2.13. The maximum atomic E-state index is 5.97. The van der Waals surface area contributed by atoms with Crippen LogP contribution in [0.1, 0.15) is 5.56 Å². The molecule has 0 fully saturated rings. The lowest BCUT2D eigenvalue weighted by molar-refractivity contribution is 0.853. The molecule has 0 amide bonds. The van der Waals surface area contributed by atoms with Gasteiger partial charge in [-0.2, -0.15) is 0 Å². The highest BCUT2D eigenvalue weighted by molar-refractivity contribution is 6.30. The molecule has 16 heavy (non-hydrogen) atoms. The van der Waals surface area contributed by atoms with Gasteiger partial charge in [-0.15, -0.1) is 0 Å². The minimum atomic E-state index is 0.683. The van der Waals surface area contributed by atoms with E-state index in [1.165, 1.54) is 5.56 Å². The first-order valence-corrected chi connectivity index (χ1v) is 5.45. The molecule has 0 aliphatic rings. The van der Waals surface area contributed by atoms with E-state index in [0.717, 1.165) is 10.7 Å². The Bertz CT molecular complexity index is 439. The summed E-state index contributed by atoms with van der Waals surface area (Å²) in [6.07, 6.45) is 0. The first-order valence-electron chi connectivity index (χ1n) is 5.07. The van der Waals surface area contributed by atoms with Crippen LogP contribution in [0.3, 0.4) is 0 Å². The quantitative estimate of drug-likeness (QED) is 0.650. The molecular formula is C13H13ClN2. The van der Waals surface area contributed by atoms with Crippen LogP contribution in [0, 0.1) is 0 Å². The lowest BCUT2D eigenvalue weighted by Crippen LogP contribution is -2.29. The first-order chi connectivity index (χ1) is 7.75. The second-order valence-electron chi connectivity index (χ2n) is 3.59. The summed E-state index contributed by atoms with van der Waals surface area (Å²) in [7, 11) is 0. The minimum absolute atomic E-state index is 0.683. The van der Waals surface area contributed by atoms with Gasteiger partial charge < -0.3 is 5.01 Å². The van der Waals surface area contributed by atoms with Gasteiger partial charge in [-0.3, -0.25) is 0 Å². The number of hydrazine groups is 1. The standard InChI is InChI=1S/C13H13ClN2/c14-12-6-8-13(9-7-12)16(15)10-11-4-2-1-3-5-11/h1-9H,10,15H2. The van der Waals surface area contributed by atoms with Crippen molar-refractivity contribution in [3.8, 4) is 0 Å². The van der Waals surface area contributed by atoms with Gasteiger partial charge in [0.05, 0.1) is 12.2 Å². The number of hydrogen-bond donors (Lipinski definition) is 1. The average Bonchev–Trinajstić information content (AvgIpc) is 2.31. The van der Waals surface area contributed by atoms with Crippen LogP contribution in [0.5, 0.6) is 0 Å². The van der Waals surface area contributed by atoms with Gasteiger partial charge in [-0.25, -0.2) is 5.84 Å². The van der Waals surface area contributed by atoms with Crippen LogP contribution in [0.15, 0.2) is 54.6 Å². The molecule has 2 aromatic rings. The third kappa shape index (κ3) is 2.75. The van der Waals surface area contributed by atoms with Crippen LogP contribution in [0.25, 0.3) is 0 Å². The first kappa shape index (κ1) is 11.0. The van der Waals surface area contributed by atoms with Crippen molar-refractivity contribution in [2.75, 3.05) is 5.01 Å². The van der Waals surface area contributed by atoms with E-state index in [2.05, 4.69) is 12.1 Å². The van der Waals surface area contributed by atoms with Crippen LogP contribution < -0.4 is 10.9 Å². The van der Waals surface area contributed by atoms with Crippen molar-refractivity contribution in [1.29, 1.82) is 0 Å². The second kappa shape index (κ2) is 5.01. The summed E-state index contributed by atoms with van der Waals surface area (Å²) in [5, 5.41) is 2.42. The number of halogens is 1. The number of hydrogen-bond acceptors (Lipinski definition) is 2. The molecule has 0 aromatic heterocycles. The Labute approximate surface area is 100 Å². The van der Waals surface area contributed by atoms with E-state index in [4.69, 9.17) is 17.4 Å². The van der Waals surface area contributed by atoms with Crippen molar-refractivity contribution >= 4 is 17.3 Å². The highest BCUT2D eigenvalue weighted by Gasteiger charge is 2.01. The molecule has 0 heterocycles. The SMILES string of the molecule is NN(Cc1ccccc1)c1ccc(Cl)cc1. The van der Waals surface area contributed by atoms with E-state index in [9.17, 15) is 0 Å². The van der Waals surface area contributed by atoms with Gasteiger partial charge in [0.1, 0.15) is 0 Å². The van der Waals surface area contributed by atoms with E-state index in [1.54, 1.807) is 5.01 Å². The molecular weight excluding hydrogens is 220 g/mol. The molecule has 2 nitrogen and oxygen atoms in total. The third-order valence-corrected chi connectivity index (χ3v) is 2.61. The molecule has 0 saturated carbocycles. The van der Waals surface area contributed by atoms with Crippen molar-refractivity contribution < 1.29 is 0 Å². The number of nitrogens with zero attached hydrogens (tertiary/aromatic N) is 1. The van der Waals surface area contributed by atoms with Gasteiger partial charge in [-0.1, -0.05) is 41.9 Å². The summed E-state index contributed by atoms with van der Waals surface area (Å²) >= 11 is 5.82. The van der Waals surface area contributed by atoms with Crippen molar-refractivity contribution in [3.05, 3.63) is 65.2 Å². The van der Waals surface area contributed by atoms with Crippen LogP contribution in [-0.2, 0) is 6.54 Å².